The van der Waals surface area contributed by atoms with Gasteiger partial charge in [-0.1, -0.05) is 48.5 Å². The molecule has 0 unspecified atom stereocenters. The molecule has 1 amide bonds. The number of benzene rings is 3. The Morgan fingerprint density at radius 1 is 0.800 bits per heavy atom. The van der Waals surface area contributed by atoms with Crippen molar-refractivity contribution in [3.05, 3.63) is 84.4 Å². The van der Waals surface area contributed by atoms with Crippen LogP contribution in [0.15, 0.2) is 83.8 Å². The lowest BCUT2D eigenvalue weighted by atomic mass is 9.99. The molecule has 0 saturated carbocycles. The van der Waals surface area contributed by atoms with E-state index in [0.717, 1.165) is 5.56 Å². The summed E-state index contributed by atoms with van der Waals surface area (Å²) in [7, 11) is -3.64. The monoisotopic (exact) mass is 352 g/mol. The van der Waals surface area contributed by atoms with Crippen molar-refractivity contribution in [2.45, 2.75) is 4.90 Å². The van der Waals surface area contributed by atoms with Gasteiger partial charge < -0.3 is 5.73 Å². The van der Waals surface area contributed by atoms with Crippen molar-refractivity contribution in [2.24, 2.45) is 5.73 Å². The molecule has 3 N–H and O–H groups in total. The molecule has 0 aromatic heterocycles. The van der Waals surface area contributed by atoms with E-state index in [1.165, 1.54) is 12.1 Å². The van der Waals surface area contributed by atoms with E-state index in [2.05, 4.69) is 4.72 Å². The lowest BCUT2D eigenvalue weighted by molar-refractivity contribution is 0.100. The number of hydrogen-bond acceptors (Lipinski definition) is 3. The van der Waals surface area contributed by atoms with Crippen molar-refractivity contribution in [3.63, 3.8) is 0 Å². The van der Waals surface area contributed by atoms with E-state index in [4.69, 9.17) is 5.73 Å². The normalized spacial score (nSPS) is 11.0. The molecule has 0 aliphatic carbocycles. The van der Waals surface area contributed by atoms with Crippen LogP contribution in [-0.2, 0) is 10.0 Å². The Morgan fingerprint density at radius 2 is 1.40 bits per heavy atom. The smallest absolute Gasteiger partial charge is 0.261 e. The largest absolute Gasteiger partial charge is 0.366 e. The highest BCUT2D eigenvalue weighted by molar-refractivity contribution is 7.92. The minimum atomic E-state index is -3.64. The SMILES string of the molecule is NC(=O)c1ccccc1-c1ccc(NS(=O)(=O)c2ccccc2)cc1. The summed E-state index contributed by atoms with van der Waals surface area (Å²) in [5.41, 5.74) is 7.73. The Balaban J connectivity index is 1.88. The van der Waals surface area contributed by atoms with Crippen LogP contribution in [0.25, 0.3) is 11.1 Å². The number of sulfonamides is 1. The summed E-state index contributed by atoms with van der Waals surface area (Å²) in [6.45, 7) is 0. The highest BCUT2D eigenvalue weighted by Crippen LogP contribution is 2.25. The van der Waals surface area contributed by atoms with Crippen LogP contribution in [-0.4, -0.2) is 14.3 Å². The average molecular weight is 352 g/mol. The van der Waals surface area contributed by atoms with Gasteiger partial charge in [0.25, 0.3) is 10.0 Å². The van der Waals surface area contributed by atoms with Crippen molar-refractivity contribution >= 4 is 21.6 Å². The summed E-state index contributed by atoms with van der Waals surface area (Å²) in [4.78, 5) is 11.7. The number of carbonyl (C=O) groups is 1. The zero-order valence-electron chi connectivity index (χ0n) is 13.2. The number of carbonyl (C=O) groups excluding carboxylic acids is 1. The first kappa shape index (κ1) is 16.7. The topological polar surface area (TPSA) is 89.3 Å². The summed E-state index contributed by atoms with van der Waals surface area (Å²) in [5, 5.41) is 0. The second kappa shape index (κ2) is 6.78. The van der Waals surface area contributed by atoms with Crippen LogP contribution in [0, 0.1) is 0 Å². The van der Waals surface area contributed by atoms with Gasteiger partial charge in [-0.25, -0.2) is 8.42 Å². The molecule has 0 aliphatic heterocycles. The summed E-state index contributed by atoms with van der Waals surface area (Å²) in [6.07, 6.45) is 0. The fourth-order valence-corrected chi connectivity index (χ4v) is 3.56. The van der Waals surface area contributed by atoms with Crippen molar-refractivity contribution in [2.75, 3.05) is 4.72 Å². The van der Waals surface area contributed by atoms with Crippen LogP contribution in [0.4, 0.5) is 5.69 Å². The van der Waals surface area contributed by atoms with Gasteiger partial charge in [-0.05, 0) is 41.5 Å². The fraction of sp³-hybridized carbons (Fsp3) is 0. The van der Waals surface area contributed by atoms with E-state index in [-0.39, 0.29) is 4.90 Å². The van der Waals surface area contributed by atoms with Gasteiger partial charge in [0.1, 0.15) is 0 Å². The quantitative estimate of drug-likeness (QED) is 0.738. The van der Waals surface area contributed by atoms with Crippen LogP contribution in [0.5, 0.6) is 0 Å². The van der Waals surface area contributed by atoms with Crippen LogP contribution >= 0.6 is 0 Å². The third-order valence-electron chi connectivity index (χ3n) is 3.69. The van der Waals surface area contributed by atoms with Gasteiger partial charge >= 0.3 is 0 Å². The summed E-state index contributed by atoms with van der Waals surface area (Å²) < 4.78 is 27.2. The molecule has 0 fully saturated rings. The Labute approximate surface area is 146 Å². The van der Waals surface area contributed by atoms with E-state index >= 15 is 0 Å². The van der Waals surface area contributed by atoms with E-state index in [1.807, 2.05) is 6.07 Å². The third kappa shape index (κ3) is 3.70. The van der Waals surface area contributed by atoms with Crippen LogP contribution < -0.4 is 10.5 Å². The van der Waals surface area contributed by atoms with E-state index in [9.17, 15) is 13.2 Å². The van der Waals surface area contributed by atoms with Gasteiger partial charge in [0, 0.05) is 11.3 Å². The van der Waals surface area contributed by atoms with Crippen LogP contribution in [0.2, 0.25) is 0 Å². The van der Waals surface area contributed by atoms with Gasteiger partial charge in [0.15, 0.2) is 0 Å². The standard InChI is InChI=1S/C19H16N2O3S/c20-19(22)18-9-5-4-8-17(18)14-10-12-15(13-11-14)21-25(23,24)16-6-2-1-3-7-16/h1-13,21H,(H2,20,22). The molecule has 6 heteroatoms. The fourth-order valence-electron chi connectivity index (χ4n) is 2.48. The number of amides is 1. The van der Waals surface area contributed by atoms with Gasteiger partial charge in [0.2, 0.25) is 5.91 Å². The molecule has 0 atom stereocenters. The van der Waals surface area contributed by atoms with Gasteiger partial charge in [-0.2, -0.15) is 0 Å². The van der Waals surface area contributed by atoms with Crippen molar-refractivity contribution < 1.29 is 13.2 Å². The lowest BCUT2D eigenvalue weighted by Gasteiger charge is -2.10. The number of nitrogens with two attached hydrogens (primary N) is 1. The Hall–Kier alpha value is -3.12. The Kier molecular flexibility index (Phi) is 4.54. The molecule has 0 aliphatic rings. The van der Waals surface area contributed by atoms with E-state index in [1.54, 1.807) is 60.7 Å². The number of rotatable bonds is 5. The van der Waals surface area contributed by atoms with Gasteiger partial charge in [-0.3, -0.25) is 9.52 Å². The van der Waals surface area contributed by atoms with E-state index < -0.39 is 15.9 Å². The molecule has 126 valence electrons. The zero-order valence-corrected chi connectivity index (χ0v) is 14.0. The maximum absolute atomic E-state index is 12.3. The molecule has 0 saturated heterocycles. The van der Waals surface area contributed by atoms with Gasteiger partial charge in [-0.15, -0.1) is 0 Å². The first-order chi connectivity index (χ1) is 12.0. The molecular weight excluding hydrogens is 336 g/mol. The van der Waals surface area contributed by atoms with Crippen molar-refractivity contribution in [3.8, 4) is 11.1 Å². The third-order valence-corrected chi connectivity index (χ3v) is 5.09. The number of anilines is 1. The average Bonchev–Trinajstić information content (AvgIpc) is 2.63. The summed E-state index contributed by atoms with van der Waals surface area (Å²) in [5.74, 6) is -0.510. The highest BCUT2D eigenvalue weighted by Gasteiger charge is 2.14. The molecule has 3 rings (SSSR count). The first-order valence-electron chi connectivity index (χ1n) is 7.54. The predicted molar refractivity (Wildman–Crippen MR) is 97.6 cm³/mol. The summed E-state index contributed by atoms with van der Waals surface area (Å²) in [6, 6.07) is 21.9. The minimum absolute atomic E-state index is 0.193. The first-order valence-corrected chi connectivity index (χ1v) is 9.03. The number of primary amides is 1. The molecule has 25 heavy (non-hydrogen) atoms. The molecule has 0 spiro atoms. The van der Waals surface area contributed by atoms with Gasteiger partial charge in [0.05, 0.1) is 4.90 Å². The van der Waals surface area contributed by atoms with Crippen molar-refractivity contribution in [1.82, 2.24) is 0 Å². The number of hydrogen-bond donors (Lipinski definition) is 2. The maximum Gasteiger partial charge on any atom is 0.261 e. The molecule has 0 radical (unpaired) electrons. The maximum atomic E-state index is 12.3. The zero-order chi connectivity index (χ0) is 17.9. The second-order valence-corrected chi connectivity index (χ2v) is 7.09. The highest BCUT2D eigenvalue weighted by atomic mass is 32.2. The molecule has 3 aromatic rings. The van der Waals surface area contributed by atoms with Crippen LogP contribution in [0.1, 0.15) is 10.4 Å². The molecule has 0 bridgehead atoms. The Bertz CT molecular complexity index is 998. The van der Waals surface area contributed by atoms with E-state index in [0.29, 0.717) is 16.8 Å². The van der Waals surface area contributed by atoms with Crippen LogP contribution in [0.3, 0.4) is 0 Å². The number of nitrogens with one attached hydrogen (secondary N) is 1. The summed E-state index contributed by atoms with van der Waals surface area (Å²) >= 11 is 0. The molecular formula is C19H16N2O3S. The Morgan fingerprint density at radius 3 is 2.04 bits per heavy atom. The second-order valence-electron chi connectivity index (χ2n) is 5.41. The molecule has 3 aromatic carbocycles. The predicted octanol–water partition coefficient (Wildman–Crippen LogP) is 3.25. The van der Waals surface area contributed by atoms with Crippen molar-refractivity contribution in [1.29, 1.82) is 0 Å². The minimum Gasteiger partial charge on any atom is -0.366 e. The molecule has 5 nitrogen and oxygen atoms in total. The lowest BCUT2D eigenvalue weighted by Crippen LogP contribution is -2.13. The molecule has 0 heterocycles.